The second-order valence-electron chi connectivity index (χ2n) is 3.49. The summed E-state index contributed by atoms with van der Waals surface area (Å²) in [5, 5.41) is 19.6. The largest absolute Gasteiger partial charge is 0.392 e. The first-order valence-electron chi connectivity index (χ1n) is 3.61. The summed E-state index contributed by atoms with van der Waals surface area (Å²) in [4.78, 5) is 0. The summed E-state index contributed by atoms with van der Waals surface area (Å²) >= 11 is 1.71. The molecule has 1 heterocycles. The zero-order valence-electron chi connectivity index (χ0n) is 6.11. The van der Waals surface area contributed by atoms with Crippen LogP contribution in [-0.2, 0) is 0 Å². The molecule has 10 heavy (non-hydrogen) atoms. The van der Waals surface area contributed by atoms with Crippen LogP contribution in [-0.4, -0.2) is 32.4 Å². The summed E-state index contributed by atoms with van der Waals surface area (Å²) in [5.41, 5.74) is -0.630. The molecule has 2 nitrogen and oxygen atoms in total. The van der Waals surface area contributed by atoms with Crippen molar-refractivity contribution >= 4 is 11.8 Å². The smallest absolute Gasteiger partial charge is 0.0799 e. The van der Waals surface area contributed by atoms with E-state index in [1.165, 1.54) is 0 Å². The summed E-state index contributed by atoms with van der Waals surface area (Å²) < 4.78 is 0. The van der Waals surface area contributed by atoms with E-state index in [1.54, 1.807) is 11.8 Å². The SMILES string of the molecule is CC1SC2C(O)C2C1(C)O. The van der Waals surface area contributed by atoms with E-state index in [0.717, 1.165) is 0 Å². The van der Waals surface area contributed by atoms with Gasteiger partial charge in [-0.3, -0.25) is 0 Å². The molecule has 58 valence electrons. The summed E-state index contributed by atoms with van der Waals surface area (Å²) in [6, 6.07) is 0. The van der Waals surface area contributed by atoms with E-state index in [1.807, 2.05) is 13.8 Å². The molecule has 2 N–H and O–H groups in total. The predicted molar refractivity (Wildman–Crippen MR) is 41.0 cm³/mol. The molecule has 1 aliphatic carbocycles. The van der Waals surface area contributed by atoms with Gasteiger partial charge >= 0.3 is 0 Å². The number of fused-ring (bicyclic) bond motifs is 1. The monoisotopic (exact) mass is 160 g/mol. The lowest BCUT2D eigenvalue weighted by Crippen LogP contribution is -2.36. The highest BCUT2D eigenvalue weighted by Gasteiger charge is 2.66. The molecular weight excluding hydrogens is 148 g/mol. The molecule has 0 aromatic carbocycles. The second kappa shape index (κ2) is 1.71. The Labute approximate surface area is 64.6 Å². The van der Waals surface area contributed by atoms with Crippen LogP contribution in [0.2, 0.25) is 0 Å². The van der Waals surface area contributed by atoms with Gasteiger partial charge < -0.3 is 10.2 Å². The van der Waals surface area contributed by atoms with Crippen LogP contribution < -0.4 is 0 Å². The molecule has 1 saturated carbocycles. The minimum absolute atomic E-state index is 0.146. The lowest BCUT2D eigenvalue weighted by molar-refractivity contribution is 0.0265. The van der Waals surface area contributed by atoms with E-state index in [-0.39, 0.29) is 17.3 Å². The molecule has 1 aliphatic heterocycles. The van der Waals surface area contributed by atoms with Crippen molar-refractivity contribution in [3.05, 3.63) is 0 Å². The van der Waals surface area contributed by atoms with E-state index in [2.05, 4.69) is 0 Å². The normalized spacial score (nSPS) is 66.0. The van der Waals surface area contributed by atoms with E-state index >= 15 is 0 Å². The highest BCUT2D eigenvalue weighted by atomic mass is 32.2. The Morgan fingerprint density at radius 2 is 2.10 bits per heavy atom. The molecule has 0 bridgehead atoms. The van der Waals surface area contributed by atoms with Gasteiger partial charge in [-0.2, -0.15) is 0 Å². The molecule has 0 aromatic rings. The van der Waals surface area contributed by atoms with Crippen molar-refractivity contribution < 1.29 is 10.2 Å². The van der Waals surface area contributed by atoms with Gasteiger partial charge in [0.2, 0.25) is 0 Å². The Morgan fingerprint density at radius 1 is 1.50 bits per heavy atom. The lowest BCUT2D eigenvalue weighted by Gasteiger charge is -2.25. The maximum absolute atomic E-state index is 9.76. The molecule has 5 unspecified atom stereocenters. The Balaban J connectivity index is 2.19. The van der Waals surface area contributed by atoms with E-state index in [4.69, 9.17) is 0 Å². The van der Waals surface area contributed by atoms with Crippen LogP contribution in [0.4, 0.5) is 0 Å². The lowest BCUT2D eigenvalue weighted by atomic mass is 9.97. The van der Waals surface area contributed by atoms with Crippen LogP contribution in [0.3, 0.4) is 0 Å². The molecule has 1 saturated heterocycles. The summed E-state index contributed by atoms with van der Waals surface area (Å²) in [6.45, 7) is 3.84. The van der Waals surface area contributed by atoms with Crippen LogP contribution in [0.5, 0.6) is 0 Å². The fraction of sp³-hybridized carbons (Fsp3) is 1.00. The topological polar surface area (TPSA) is 40.5 Å². The molecule has 2 rings (SSSR count). The first-order valence-corrected chi connectivity index (χ1v) is 4.55. The van der Waals surface area contributed by atoms with Gasteiger partial charge in [0.1, 0.15) is 0 Å². The van der Waals surface area contributed by atoms with E-state index in [9.17, 15) is 10.2 Å². The fourth-order valence-electron chi connectivity index (χ4n) is 1.76. The molecular formula is C7H12O2S. The number of aliphatic hydroxyl groups is 2. The highest BCUT2D eigenvalue weighted by Crippen LogP contribution is 2.59. The Hall–Kier alpha value is 0.270. The quantitative estimate of drug-likeness (QED) is 0.533. The summed E-state index contributed by atoms with van der Waals surface area (Å²) in [7, 11) is 0. The summed E-state index contributed by atoms with van der Waals surface area (Å²) in [5.74, 6) is 0.146. The third-order valence-electron chi connectivity index (χ3n) is 2.78. The van der Waals surface area contributed by atoms with Crippen molar-refractivity contribution in [1.29, 1.82) is 0 Å². The maximum atomic E-state index is 9.76. The number of thioether (sulfide) groups is 1. The predicted octanol–water partition coefficient (Wildman–Crippen LogP) is 0.232. The Kier molecular flexibility index (Phi) is 1.19. The summed E-state index contributed by atoms with van der Waals surface area (Å²) in [6.07, 6.45) is -0.240. The van der Waals surface area contributed by atoms with Gasteiger partial charge in [-0.1, -0.05) is 6.92 Å². The zero-order valence-corrected chi connectivity index (χ0v) is 6.93. The highest BCUT2D eigenvalue weighted by molar-refractivity contribution is 8.01. The van der Waals surface area contributed by atoms with Crippen molar-refractivity contribution in [1.82, 2.24) is 0 Å². The van der Waals surface area contributed by atoms with Crippen LogP contribution in [0, 0.1) is 5.92 Å². The van der Waals surface area contributed by atoms with Gasteiger partial charge in [0.05, 0.1) is 11.7 Å². The van der Waals surface area contributed by atoms with Crippen molar-refractivity contribution in [2.24, 2.45) is 5.92 Å². The van der Waals surface area contributed by atoms with Crippen molar-refractivity contribution in [2.75, 3.05) is 0 Å². The molecule has 0 aromatic heterocycles. The minimum Gasteiger partial charge on any atom is -0.392 e. The van der Waals surface area contributed by atoms with Crippen LogP contribution >= 0.6 is 11.8 Å². The van der Waals surface area contributed by atoms with Crippen LogP contribution in [0.25, 0.3) is 0 Å². The van der Waals surface area contributed by atoms with Gasteiger partial charge in [0, 0.05) is 16.4 Å². The van der Waals surface area contributed by atoms with Crippen molar-refractivity contribution in [2.45, 2.75) is 36.1 Å². The van der Waals surface area contributed by atoms with Crippen LogP contribution in [0.15, 0.2) is 0 Å². The number of aliphatic hydroxyl groups excluding tert-OH is 1. The van der Waals surface area contributed by atoms with Gasteiger partial charge in [-0.15, -0.1) is 11.8 Å². The molecule has 2 fully saturated rings. The second-order valence-corrected chi connectivity index (χ2v) is 5.01. The van der Waals surface area contributed by atoms with E-state index in [0.29, 0.717) is 5.25 Å². The average molecular weight is 160 g/mol. The van der Waals surface area contributed by atoms with Gasteiger partial charge in [0.25, 0.3) is 0 Å². The van der Waals surface area contributed by atoms with Crippen molar-refractivity contribution in [3.63, 3.8) is 0 Å². The number of rotatable bonds is 0. The van der Waals surface area contributed by atoms with Crippen molar-refractivity contribution in [3.8, 4) is 0 Å². The molecule has 0 amide bonds. The first kappa shape index (κ1) is 6.95. The molecule has 5 atom stereocenters. The minimum atomic E-state index is -0.630. The van der Waals surface area contributed by atoms with Crippen LogP contribution in [0.1, 0.15) is 13.8 Å². The maximum Gasteiger partial charge on any atom is 0.0799 e. The van der Waals surface area contributed by atoms with E-state index < -0.39 is 5.60 Å². The Bertz CT molecular complexity index is 169. The Morgan fingerprint density at radius 3 is 2.40 bits per heavy atom. The third kappa shape index (κ3) is 0.633. The first-order chi connectivity index (χ1) is 4.55. The average Bonchev–Trinajstić information content (AvgIpc) is 2.34. The number of hydrogen-bond acceptors (Lipinski definition) is 3. The third-order valence-corrected chi connectivity index (χ3v) is 4.55. The standard InChI is InChI=1S/C7H12O2S/c1-3-7(2,9)4-5(8)6(4)10-3/h3-6,8-9H,1-2H3. The molecule has 2 aliphatic rings. The zero-order chi connectivity index (χ0) is 7.52. The van der Waals surface area contributed by atoms with Gasteiger partial charge in [-0.25, -0.2) is 0 Å². The molecule has 3 heteroatoms. The van der Waals surface area contributed by atoms with Gasteiger partial charge in [-0.05, 0) is 6.92 Å². The van der Waals surface area contributed by atoms with Gasteiger partial charge in [0.15, 0.2) is 0 Å². The fourth-order valence-corrected chi connectivity index (χ4v) is 3.51. The molecule has 0 radical (unpaired) electrons. The number of hydrogen-bond donors (Lipinski definition) is 2. The molecule has 0 spiro atoms.